The Morgan fingerprint density at radius 2 is 2.00 bits per heavy atom. The highest BCUT2D eigenvalue weighted by Gasteiger charge is 2.34. The molecule has 0 spiro atoms. The van der Waals surface area contributed by atoms with E-state index in [-0.39, 0.29) is 12.5 Å². The van der Waals surface area contributed by atoms with Gasteiger partial charge in [0.05, 0.1) is 6.54 Å². The molecule has 0 aliphatic carbocycles. The lowest BCUT2D eigenvalue weighted by atomic mass is 9.92. The van der Waals surface area contributed by atoms with Gasteiger partial charge in [-0.25, -0.2) is 0 Å². The average molecular weight is 240 g/mol. The summed E-state index contributed by atoms with van der Waals surface area (Å²) in [4.78, 5) is 26.6. The van der Waals surface area contributed by atoms with Crippen LogP contribution in [0.1, 0.15) is 26.2 Å². The molecule has 0 saturated carbocycles. The number of aliphatic carboxylic acids is 1. The highest BCUT2D eigenvalue weighted by atomic mass is 16.4. The van der Waals surface area contributed by atoms with Gasteiger partial charge in [-0.05, 0) is 31.7 Å². The Labute approximate surface area is 101 Å². The molecule has 17 heavy (non-hydrogen) atoms. The lowest BCUT2D eigenvalue weighted by molar-refractivity contribution is -0.147. The molecular formula is C12H20N2O3. The first-order valence-electron chi connectivity index (χ1n) is 6.32. The molecule has 2 rings (SSSR count). The van der Waals surface area contributed by atoms with Gasteiger partial charge in [-0.3, -0.25) is 14.5 Å². The summed E-state index contributed by atoms with van der Waals surface area (Å²) >= 11 is 0. The standard InChI is InChI=1S/C12H20N2O3/c1-9-3-6-14(10(7-9)12(16)17)8-11(15)13-4-2-5-13/h9-10H,2-8H2,1H3,(H,16,17). The molecule has 2 aliphatic rings. The van der Waals surface area contributed by atoms with Crippen molar-refractivity contribution in [3.63, 3.8) is 0 Å². The van der Waals surface area contributed by atoms with Crippen molar-refractivity contribution in [3.05, 3.63) is 0 Å². The highest BCUT2D eigenvalue weighted by Crippen LogP contribution is 2.23. The molecule has 0 aromatic carbocycles. The van der Waals surface area contributed by atoms with E-state index in [9.17, 15) is 14.7 Å². The van der Waals surface area contributed by atoms with Crippen molar-refractivity contribution in [3.8, 4) is 0 Å². The van der Waals surface area contributed by atoms with Crippen molar-refractivity contribution in [2.24, 2.45) is 5.92 Å². The summed E-state index contributed by atoms with van der Waals surface area (Å²) in [6.45, 7) is 4.73. The predicted octanol–water partition coefficient (Wildman–Crippen LogP) is 0.404. The normalized spacial score (nSPS) is 29.8. The highest BCUT2D eigenvalue weighted by molar-refractivity contribution is 5.80. The van der Waals surface area contributed by atoms with Crippen LogP contribution in [0.15, 0.2) is 0 Å². The van der Waals surface area contributed by atoms with Gasteiger partial charge in [0.25, 0.3) is 0 Å². The van der Waals surface area contributed by atoms with Crippen molar-refractivity contribution in [2.45, 2.75) is 32.2 Å². The maximum atomic E-state index is 11.8. The van der Waals surface area contributed by atoms with Crippen molar-refractivity contribution < 1.29 is 14.7 Å². The quantitative estimate of drug-likeness (QED) is 0.776. The zero-order chi connectivity index (χ0) is 12.4. The molecule has 5 heteroatoms. The summed E-state index contributed by atoms with van der Waals surface area (Å²) in [6, 6.07) is -0.482. The molecule has 2 heterocycles. The van der Waals surface area contributed by atoms with Crippen LogP contribution >= 0.6 is 0 Å². The van der Waals surface area contributed by atoms with Gasteiger partial charge >= 0.3 is 5.97 Å². The van der Waals surface area contributed by atoms with Crippen molar-refractivity contribution in [2.75, 3.05) is 26.2 Å². The molecule has 2 fully saturated rings. The Balaban J connectivity index is 1.92. The largest absolute Gasteiger partial charge is 0.480 e. The van der Waals surface area contributed by atoms with E-state index < -0.39 is 12.0 Å². The SMILES string of the molecule is CC1CCN(CC(=O)N2CCC2)C(C(=O)O)C1. The summed E-state index contributed by atoms with van der Waals surface area (Å²) in [7, 11) is 0. The van der Waals surface area contributed by atoms with Crippen LogP contribution in [0.5, 0.6) is 0 Å². The monoisotopic (exact) mass is 240 g/mol. The van der Waals surface area contributed by atoms with Crippen LogP contribution in [0.2, 0.25) is 0 Å². The number of nitrogens with zero attached hydrogens (tertiary/aromatic N) is 2. The van der Waals surface area contributed by atoms with E-state index in [1.165, 1.54) is 0 Å². The molecule has 1 N–H and O–H groups in total. The Morgan fingerprint density at radius 3 is 2.53 bits per heavy atom. The smallest absolute Gasteiger partial charge is 0.320 e. The van der Waals surface area contributed by atoms with E-state index in [0.29, 0.717) is 12.3 Å². The third-order valence-electron chi connectivity index (χ3n) is 3.81. The van der Waals surface area contributed by atoms with Gasteiger partial charge in [0.15, 0.2) is 0 Å². The minimum absolute atomic E-state index is 0.0806. The second-order valence-corrected chi connectivity index (χ2v) is 5.19. The van der Waals surface area contributed by atoms with Crippen LogP contribution in [0.4, 0.5) is 0 Å². The van der Waals surface area contributed by atoms with E-state index in [4.69, 9.17) is 0 Å². The number of carboxylic acid groups (broad SMARTS) is 1. The number of hydrogen-bond acceptors (Lipinski definition) is 3. The number of rotatable bonds is 3. The fraction of sp³-hybridized carbons (Fsp3) is 0.833. The van der Waals surface area contributed by atoms with Crippen molar-refractivity contribution in [1.82, 2.24) is 9.80 Å². The second-order valence-electron chi connectivity index (χ2n) is 5.19. The van der Waals surface area contributed by atoms with Crippen molar-refractivity contribution in [1.29, 1.82) is 0 Å². The third kappa shape index (κ3) is 2.77. The molecule has 1 amide bonds. The molecule has 0 aromatic rings. The minimum atomic E-state index is -0.798. The summed E-state index contributed by atoms with van der Waals surface area (Å²) < 4.78 is 0. The Morgan fingerprint density at radius 1 is 1.29 bits per heavy atom. The lowest BCUT2D eigenvalue weighted by Crippen LogP contribution is -2.53. The van der Waals surface area contributed by atoms with Crippen molar-refractivity contribution >= 4 is 11.9 Å². The van der Waals surface area contributed by atoms with Gasteiger partial charge < -0.3 is 10.0 Å². The molecule has 5 nitrogen and oxygen atoms in total. The molecule has 2 unspecified atom stereocenters. The fourth-order valence-corrected chi connectivity index (χ4v) is 2.48. The molecule has 2 atom stereocenters. The number of carboxylic acids is 1. The molecular weight excluding hydrogens is 220 g/mol. The first-order valence-corrected chi connectivity index (χ1v) is 6.32. The van der Waals surface area contributed by atoms with Crippen LogP contribution in [-0.2, 0) is 9.59 Å². The number of amides is 1. The molecule has 2 aliphatic heterocycles. The zero-order valence-electron chi connectivity index (χ0n) is 10.3. The molecule has 0 aromatic heterocycles. The predicted molar refractivity (Wildman–Crippen MR) is 62.6 cm³/mol. The van der Waals surface area contributed by atoms with Gasteiger partial charge in [-0.2, -0.15) is 0 Å². The summed E-state index contributed by atoms with van der Waals surface area (Å²) in [5, 5.41) is 9.18. The Kier molecular flexibility index (Phi) is 3.66. The van der Waals surface area contributed by atoms with E-state index >= 15 is 0 Å². The molecule has 0 radical (unpaired) electrons. The van der Waals surface area contributed by atoms with Crippen LogP contribution in [0.25, 0.3) is 0 Å². The summed E-state index contributed by atoms with van der Waals surface area (Å²) in [6.07, 6.45) is 2.71. The lowest BCUT2D eigenvalue weighted by Gasteiger charge is -2.38. The fourth-order valence-electron chi connectivity index (χ4n) is 2.48. The number of carbonyl (C=O) groups excluding carboxylic acids is 1. The molecule has 2 saturated heterocycles. The van der Waals surface area contributed by atoms with Crippen LogP contribution in [0.3, 0.4) is 0 Å². The van der Waals surface area contributed by atoms with E-state index in [1.807, 2.05) is 4.90 Å². The van der Waals surface area contributed by atoms with Crippen LogP contribution < -0.4 is 0 Å². The molecule has 96 valence electrons. The van der Waals surface area contributed by atoms with Gasteiger partial charge in [-0.15, -0.1) is 0 Å². The summed E-state index contributed by atoms with van der Waals surface area (Å²) in [5.41, 5.74) is 0. The van der Waals surface area contributed by atoms with Gasteiger partial charge in [0.2, 0.25) is 5.91 Å². The Bertz CT molecular complexity index is 315. The van der Waals surface area contributed by atoms with Crippen LogP contribution in [0, 0.1) is 5.92 Å². The Hall–Kier alpha value is -1.10. The van der Waals surface area contributed by atoms with Crippen LogP contribution in [-0.4, -0.2) is 59.0 Å². The first-order chi connectivity index (χ1) is 8.08. The average Bonchev–Trinajstić information content (AvgIpc) is 2.17. The minimum Gasteiger partial charge on any atom is -0.480 e. The van der Waals surface area contributed by atoms with Gasteiger partial charge in [0, 0.05) is 13.1 Å². The number of piperidine rings is 1. The number of carbonyl (C=O) groups is 2. The first kappa shape index (κ1) is 12.4. The zero-order valence-corrected chi connectivity index (χ0v) is 10.3. The number of likely N-dealkylation sites (tertiary alicyclic amines) is 2. The van der Waals surface area contributed by atoms with E-state index in [2.05, 4.69) is 6.92 Å². The second kappa shape index (κ2) is 5.04. The van der Waals surface area contributed by atoms with Gasteiger partial charge in [0.1, 0.15) is 6.04 Å². The number of hydrogen-bond donors (Lipinski definition) is 1. The third-order valence-corrected chi connectivity index (χ3v) is 3.81. The maximum Gasteiger partial charge on any atom is 0.320 e. The summed E-state index contributed by atoms with van der Waals surface area (Å²) in [5.74, 6) is -0.281. The molecule has 0 bridgehead atoms. The topological polar surface area (TPSA) is 60.9 Å². The van der Waals surface area contributed by atoms with E-state index in [0.717, 1.165) is 32.5 Å². The van der Waals surface area contributed by atoms with E-state index in [1.54, 1.807) is 4.90 Å². The maximum absolute atomic E-state index is 11.8. The van der Waals surface area contributed by atoms with Gasteiger partial charge in [-0.1, -0.05) is 6.92 Å².